The summed E-state index contributed by atoms with van der Waals surface area (Å²) in [6, 6.07) is 34.9. The summed E-state index contributed by atoms with van der Waals surface area (Å²) in [6.07, 6.45) is 0. The third-order valence-electron chi connectivity index (χ3n) is 6.75. The first kappa shape index (κ1) is 19.2. The van der Waals surface area contributed by atoms with Crippen LogP contribution >= 0.6 is 11.3 Å². The summed E-state index contributed by atoms with van der Waals surface area (Å²) in [4.78, 5) is 11.3. The maximum atomic E-state index is 11.7. The fraction of sp³-hybridized carbons (Fsp3) is 0. The van der Waals surface area contributed by atoms with Crippen molar-refractivity contribution < 1.29 is 4.92 Å². The first-order valence-electron chi connectivity index (χ1n) is 11.1. The molecule has 0 aliphatic rings. The number of benzene rings is 6. The minimum absolute atomic E-state index is 0.124. The topological polar surface area (TPSA) is 43.1 Å². The molecule has 1 heterocycles. The highest BCUT2D eigenvalue weighted by molar-refractivity contribution is 7.25. The Kier molecular flexibility index (Phi) is 4.02. The maximum absolute atomic E-state index is 11.7. The van der Waals surface area contributed by atoms with E-state index >= 15 is 0 Å². The molecule has 4 heteroatoms. The van der Waals surface area contributed by atoms with Crippen LogP contribution in [0.2, 0.25) is 0 Å². The zero-order chi connectivity index (χ0) is 22.8. The van der Waals surface area contributed by atoms with Crippen molar-refractivity contribution in [1.29, 1.82) is 0 Å². The van der Waals surface area contributed by atoms with Gasteiger partial charge in [0.1, 0.15) is 0 Å². The van der Waals surface area contributed by atoms with Gasteiger partial charge in [-0.05, 0) is 68.2 Å². The van der Waals surface area contributed by atoms with Crippen molar-refractivity contribution in [2.24, 2.45) is 0 Å². The molecule has 0 N–H and O–H groups in total. The Hall–Kier alpha value is -4.28. The van der Waals surface area contributed by atoms with Crippen LogP contribution in [0.25, 0.3) is 63.6 Å². The Morgan fingerprint density at radius 3 is 1.94 bits per heavy atom. The van der Waals surface area contributed by atoms with Gasteiger partial charge in [0.05, 0.1) is 10.5 Å². The normalized spacial score (nSPS) is 11.8. The highest BCUT2D eigenvalue weighted by atomic mass is 32.1. The summed E-state index contributed by atoms with van der Waals surface area (Å²) >= 11 is 1.82. The molecular weight excluding hydrogens is 438 g/mol. The van der Waals surface area contributed by atoms with Crippen LogP contribution in [0, 0.1) is 10.1 Å². The van der Waals surface area contributed by atoms with Crippen LogP contribution in [0.4, 0.5) is 5.69 Å². The summed E-state index contributed by atoms with van der Waals surface area (Å²) in [5.41, 5.74) is 1.62. The molecule has 0 aliphatic heterocycles. The molecule has 34 heavy (non-hydrogen) atoms. The van der Waals surface area contributed by atoms with Crippen LogP contribution in [0.3, 0.4) is 0 Å². The lowest BCUT2D eigenvalue weighted by Gasteiger charge is -2.12. The summed E-state index contributed by atoms with van der Waals surface area (Å²) in [7, 11) is 0. The Balaban J connectivity index is 1.62. The van der Waals surface area contributed by atoms with Gasteiger partial charge < -0.3 is 0 Å². The molecule has 0 saturated carbocycles. The van der Waals surface area contributed by atoms with E-state index in [0.717, 1.165) is 21.7 Å². The zero-order valence-corrected chi connectivity index (χ0v) is 18.8. The molecule has 160 valence electrons. The first-order valence-corrected chi connectivity index (χ1v) is 11.9. The zero-order valence-electron chi connectivity index (χ0n) is 18.0. The second-order valence-electron chi connectivity index (χ2n) is 8.57. The number of nitrogens with zero attached hydrogens (tertiary/aromatic N) is 1. The van der Waals surface area contributed by atoms with Crippen molar-refractivity contribution >= 4 is 69.5 Å². The van der Waals surface area contributed by atoms with Crippen molar-refractivity contribution in [2.75, 3.05) is 0 Å². The maximum Gasteiger partial charge on any atom is 0.277 e. The van der Waals surface area contributed by atoms with Crippen molar-refractivity contribution in [1.82, 2.24) is 0 Å². The molecule has 0 spiro atoms. The number of hydrogen-bond donors (Lipinski definition) is 0. The van der Waals surface area contributed by atoms with Gasteiger partial charge in [-0.2, -0.15) is 0 Å². The molecule has 7 aromatic rings. The molecule has 0 atom stereocenters. The van der Waals surface area contributed by atoms with Crippen LogP contribution in [0.15, 0.2) is 103 Å². The minimum Gasteiger partial charge on any atom is -0.258 e. The van der Waals surface area contributed by atoms with Gasteiger partial charge in [-0.3, -0.25) is 10.1 Å². The molecule has 0 saturated heterocycles. The van der Waals surface area contributed by atoms with Crippen molar-refractivity contribution in [3.8, 4) is 11.1 Å². The van der Waals surface area contributed by atoms with E-state index in [0.29, 0.717) is 5.56 Å². The Bertz CT molecular complexity index is 1950. The lowest BCUT2D eigenvalue weighted by atomic mass is 9.91. The largest absolute Gasteiger partial charge is 0.277 e. The van der Waals surface area contributed by atoms with E-state index in [1.165, 1.54) is 36.3 Å². The predicted molar refractivity (Wildman–Crippen MR) is 144 cm³/mol. The summed E-state index contributed by atoms with van der Waals surface area (Å²) < 4.78 is 2.56. The van der Waals surface area contributed by atoms with E-state index in [9.17, 15) is 10.1 Å². The molecule has 7 rings (SSSR count). The van der Waals surface area contributed by atoms with E-state index in [4.69, 9.17) is 0 Å². The molecule has 0 aliphatic carbocycles. The monoisotopic (exact) mass is 455 g/mol. The number of hydrogen-bond acceptors (Lipinski definition) is 3. The van der Waals surface area contributed by atoms with Gasteiger partial charge in [0.15, 0.2) is 0 Å². The molecule has 0 fully saturated rings. The summed E-state index contributed by atoms with van der Waals surface area (Å²) in [5.74, 6) is 0. The van der Waals surface area contributed by atoms with E-state index in [2.05, 4.69) is 72.8 Å². The van der Waals surface area contributed by atoms with Gasteiger partial charge in [0.25, 0.3) is 5.69 Å². The van der Waals surface area contributed by atoms with E-state index in [-0.39, 0.29) is 10.6 Å². The summed E-state index contributed by atoms with van der Waals surface area (Å²) in [5, 5.41) is 21.3. The number of para-hydroxylation sites is 1. The fourth-order valence-electron chi connectivity index (χ4n) is 5.22. The number of rotatable bonds is 2. The summed E-state index contributed by atoms with van der Waals surface area (Å²) in [6.45, 7) is 0. The molecule has 0 radical (unpaired) electrons. The van der Waals surface area contributed by atoms with Gasteiger partial charge in [-0.25, -0.2) is 0 Å². The van der Waals surface area contributed by atoms with Crippen molar-refractivity contribution in [3.63, 3.8) is 0 Å². The molecule has 1 aromatic heterocycles. The van der Waals surface area contributed by atoms with Crippen LogP contribution in [0.1, 0.15) is 0 Å². The lowest BCUT2D eigenvalue weighted by molar-refractivity contribution is -0.384. The minimum atomic E-state index is -0.309. The fourth-order valence-corrected chi connectivity index (χ4v) is 6.34. The Morgan fingerprint density at radius 2 is 1.15 bits per heavy atom. The second kappa shape index (κ2) is 7.11. The highest BCUT2D eigenvalue weighted by Gasteiger charge is 2.17. The molecule has 0 bridgehead atoms. The molecular formula is C30H17NO2S. The van der Waals surface area contributed by atoms with E-state index < -0.39 is 0 Å². The van der Waals surface area contributed by atoms with Crippen molar-refractivity contribution in [3.05, 3.63) is 113 Å². The van der Waals surface area contributed by atoms with E-state index in [1.807, 2.05) is 29.5 Å². The molecule has 0 amide bonds. The smallest absolute Gasteiger partial charge is 0.258 e. The average Bonchev–Trinajstić information content (AvgIpc) is 3.25. The van der Waals surface area contributed by atoms with E-state index in [1.54, 1.807) is 12.1 Å². The quantitative estimate of drug-likeness (QED) is 0.148. The molecule has 6 aromatic carbocycles. The molecule has 3 nitrogen and oxygen atoms in total. The van der Waals surface area contributed by atoms with Gasteiger partial charge >= 0.3 is 0 Å². The average molecular weight is 456 g/mol. The number of fused-ring (bicyclic) bond motifs is 9. The van der Waals surface area contributed by atoms with Gasteiger partial charge in [-0.1, -0.05) is 66.7 Å². The third-order valence-corrected chi connectivity index (χ3v) is 7.88. The standard InChI is InChI=1S/C30H17NO2S/c32-31(33)28-11-5-3-7-19(28)18-13-14-22-24(15-18)20-8-1-2-9-21(20)25-16-27-23-10-4-6-12-29(23)34-30(27)17-26(22)25/h1-17H. The number of nitro benzene ring substituents is 1. The van der Waals surface area contributed by atoms with Crippen molar-refractivity contribution in [2.45, 2.75) is 0 Å². The Labute approximate surface area is 198 Å². The lowest BCUT2D eigenvalue weighted by Crippen LogP contribution is -1.92. The Morgan fingerprint density at radius 1 is 0.529 bits per heavy atom. The number of thiophene rings is 1. The van der Waals surface area contributed by atoms with Gasteiger partial charge in [-0.15, -0.1) is 11.3 Å². The van der Waals surface area contributed by atoms with Gasteiger partial charge in [0, 0.05) is 26.2 Å². The molecule has 0 unspecified atom stereocenters. The van der Waals surface area contributed by atoms with Crippen LogP contribution in [0.5, 0.6) is 0 Å². The van der Waals surface area contributed by atoms with Crippen LogP contribution in [-0.2, 0) is 0 Å². The predicted octanol–water partition coefficient (Wildman–Crippen LogP) is 9.09. The number of nitro groups is 1. The third kappa shape index (κ3) is 2.69. The highest BCUT2D eigenvalue weighted by Crippen LogP contribution is 2.43. The van der Waals surface area contributed by atoms with Crippen LogP contribution < -0.4 is 0 Å². The van der Waals surface area contributed by atoms with Crippen LogP contribution in [-0.4, -0.2) is 4.92 Å². The second-order valence-corrected chi connectivity index (χ2v) is 9.66. The first-order chi connectivity index (χ1) is 16.7. The van der Waals surface area contributed by atoms with Gasteiger partial charge in [0.2, 0.25) is 0 Å². The SMILES string of the molecule is O=[N+]([O-])c1ccccc1-c1ccc2c(c1)c1ccccc1c1cc3c(cc21)sc1ccccc13.